The summed E-state index contributed by atoms with van der Waals surface area (Å²) in [7, 11) is -25.7. The largest absolute Gasteiger partial charge is 0.359 e. The summed E-state index contributed by atoms with van der Waals surface area (Å²) in [6.07, 6.45) is 8.64. The molecule has 4 aliphatic heterocycles. The second-order valence-corrected chi connectivity index (χ2v) is 44.4. The Labute approximate surface area is 791 Å². The maximum atomic E-state index is 13.0. The van der Waals surface area contributed by atoms with Crippen LogP contribution < -0.4 is 41.4 Å². The van der Waals surface area contributed by atoms with Crippen molar-refractivity contribution in [2.75, 3.05) is 107 Å². The lowest BCUT2D eigenvalue weighted by atomic mass is 10.0. The number of pyridine rings is 5. The summed E-state index contributed by atoms with van der Waals surface area (Å²) in [5.74, 6) is -0.135. The van der Waals surface area contributed by atoms with E-state index in [9.17, 15) is 63.7 Å². The molecule has 1 amide bonds. The van der Waals surface area contributed by atoms with Crippen molar-refractivity contribution in [3.63, 3.8) is 0 Å². The molecule has 4 fully saturated rings. The molecule has 6 aromatic heterocycles. The summed E-state index contributed by atoms with van der Waals surface area (Å²) >= 11 is 0. The molecular weight excluding hydrogens is 1890 g/mol. The van der Waals surface area contributed by atoms with E-state index >= 15 is 0 Å². The minimum Gasteiger partial charge on any atom is -0.359 e. The Morgan fingerprint density at radius 1 is 0.380 bits per heavy atom. The minimum atomic E-state index is -3.93. The Morgan fingerprint density at radius 2 is 0.847 bits per heavy atom. The molecule has 0 aliphatic carbocycles. The molecular formula is C96H86N16O18S7. The van der Waals surface area contributed by atoms with Crippen molar-refractivity contribution < 1.29 is 77.9 Å². The van der Waals surface area contributed by atoms with Gasteiger partial charge in [-0.25, -0.2) is 83.4 Å². The lowest BCUT2D eigenvalue weighted by Gasteiger charge is -2.28. The summed E-state index contributed by atoms with van der Waals surface area (Å²) in [6, 6.07) is 77.4. The molecule has 41 heteroatoms. The number of benzene rings is 10. The topological polar surface area (TPSA) is 447 Å². The number of nitrogens with zero attached hydrogens (tertiary/aromatic N) is 11. The second-order valence-electron chi connectivity index (χ2n) is 31.7. The van der Waals surface area contributed by atoms with Gasteiger partial charge in [0.25, 0.3) is 36.0 Å². The fraction of sp³-hybridized carbons (Fsp3) is 0.146. The van der Waals surface area contributed by atoms with Crippen LogP contribution in [-0.2, 0) is 84.6 Å². The molecule has 4 saturated heterocycles. The van der Waals surface area contributed by atoms with E-state index in [4.69, 9.17) is 14.2 Å². The van der Waals surface area contributed by atoms with Gasteiger partial charge >= 0.3 is 10.2 Å². The third-order valence-corrected chi connectivity index (χ3v) is 33.2. The number of carbonyl (C=O) groups is 1. The van der Waals surface area contributed by atoms with E-state index in [0.29, 0.717) is 81.2 Å². The number of rotatable bonds is 19. The van der Waals surface area contributed by atoms with Gasteiger partial charge in [0.2, 0.25) is 30.1 Å². The van der Waals surface area contributed by atoms with Crippen molar-refractivity contribution in [2.45, 2.75) is 35.5 Å². The molecule has 0 unspecified atom stereocenters. The second kappa shape index (κ2) is 39.5. The number of hydrogen-bond acceptors (Lipinski definition) is 25. The number of para-hydroxylation sites is 1. The molecule has 10 heterocycles. The van der Waals surface area contributed by atoms with Gasteiger partial charge in [0.1, 0.15) is 20.2 Å². The summed E-state index contributed by atoms with van der Waals surface area (Å²) in [5, 5.41) is 6.88. The number of aryl methyl sites for hydroxylation is 3. The van der Waals surface area contributed by atoms with E-state index in [-0.39, 0.29) is 77.9 Å². The summed E-state index contributed by atoms with van der Waals surface area (Å²) in [5.41, 5.74) is 15.2. The van der Waals surface area contributed by atoms with Crippen LogP contribution in [0.1, 0.15) is 27.0 Å². The first-order chi connectivity index (χ1) is 65.7. The number of anilines is 8. The highest BCUT2D eigenvalue weighted by Gasteiger charge is 2.33. The van der Waals surface area contributed by atoms with Crippen LogP contribution in [0, 0.1) is 20.8 Å². The fourth-order valence-electron chi connectivity index (χ4n) is 15.2. The summed E-state index contributed by atoms with van der Waals surface area (Å²) in [4.78, 5) is 44.1. The third kappa shape index (κ3) is 21.6. The van der Waals surface area contributed by atoms with Gasteiger partial charge in [0, 0.05) is 111 Å². The first kappa shape index (κ1) is 94.4. The molecule has 5 N–H and O–H groups in total. The van der Waals surface area contributed by atoms with Crippen molar-refractivity contribution in [1.82, 2.24) is 39.6 Å². The number of nitrogens with one attached hydrogen (secondary N) is 5. The molecule has 10 aromatic carbocycles. The standard InChI is InChI=1S/3C24H22N4O5S2.C24H20N4O3S/c1-17-2-4-19(14-22(17)24-9-3-18-15-25-11-10-23(18)26-24)27-35(31,32)21-7-5-20(6-8-21)28-16-33-12-13-34(28,29)30;1-17-4-5-18(15-21(17)22-10-11-23-24(26-22)3-2-12-25-23)27-35(31,32)20-8-6-19(7-9-20)28-16-33-13-14-34(28,29)30;1-17-6-7-19(14-22(17)24-25-15-18-4-2-3-5-23(18)26-24)27-35(31,32)21-10-8-20(9-11-21)28-16-33-12-13-34(28,29)30;29-24(18-8-10-21(11-9-18)28-15-14-26-32(28,30)31)27-20-6-3-5-19(16-20)23-22-7-2-1-4-17(22)12-13-25-23/h2-11,14-15,27H,12-13,16H2,1H3;2-12,15,27H,13-14,16H2,1H3;2-11,14-15,27H,12-13,16H2,1H3;1-13,16,26H,14-15H2,(H,27,29). The first-order valence-corrected chi connectivity index (χ1v) is 53.2. The monoisotopic (exact) mass is 1970 g/mol. The highest BCUT2D eigenvalue weighted by molar-refractivity contribution is 7.94. The molecule has 0 saturated carbocycles. The average molecular weight is 1980 g/mol. The van der Waals surface area contributed by atoms with Crippen molar-refractivity contribution in [3.05, 3.63) is 326 Å². The fourth-order valence-corrected chi connectivity index (χ4v) is 23.3. The molecule has 20 rings (SSSR count). The predicted molar refractivity (Wildman–Crippen MR) is 528 cm³/mol. The van der Waals surface area contributed by atoms with Gasteiger partial charge in [-0.15, -0.1) is 0 Å². The molecule has 700 valence electrons. The smallest absolute Gasteiger partial charge is 0.301 e. The Morgan fingerprint density at radius 3 is 1.38 bits per heavy atom. The van der Waals surface area contributed by atoms with E-state index in [1.54, 1.807) is 97.7 Å². The number of fused-ring (bicyclic) bond motifs is 4. The Bertz CT molecular complexity index is 7610. The van der Waals surface area contributed by atoms with Crippen molar-refractivity contribution in [1.29, 1.82) is 0 Å². The van der Waals surface area contributed by atoms with Crippen molar-refractivity contribution >= 4 is 165 Å². The lowest BCUT2D eigenvalue weighted by molar-refractivity contribution is 0.102. The first-order valence-electron chi connectivity index (χ1n) is 42.4. The van der Waals surface area contributed by atoms with E-state index in [1.165, 1.54) is 77.1 Å². The van der Waals surface area contributed by atoms with E-state index in [1.807, 2.05) is 154 Å². The number of carbonyl (C=O) groups excluding carboxylic acids is 1. The average Bonchev–Trinajstić information content (AvgIpc) is 1.52. The number of ether oxygens (including phenoxy) is 3. The van der Waals surface area contributed by atoms with Crippen LogP contribution in [0.25, 0.3) is 88.8 Å². The van der Waals surface area contributed by atoms with E-state index in [0.717, 1.165) is 101 Å². The normalized spacial score (nSPS) is 15.6. The summed E-state index contributed by atoms with van der Waals surface area (Å²) in [6.45, 7) is 6.62. The Balaban J connectivity index is 0.000000127. The number of hydrogen-bond donors (Lipinski definition) is 5. The molecule has 0 atom stereocenters. The lowest BCUT2D eigenvalue weighted by Crippen LogP contribution is -2.41. The predicted octanol–water partition coefficient (Wildman–Crippen LogP) is 14.4. The van der Waals surface area contributed by atoms with Crippen LogP contribution in [0.3, 0.4) is 0 Å². The summed E-state index contributed by atoms with van der Waals surface area (Å²) < 4.78 is 206. The van der Waals surface area contributed by atoms with Gasteiger partial charge in [0.15, 0.2) is 5.82 Å². The molecule has 137 heavy (non-hydrogen) atoms. The third-order valence-electron chi connectivity index (χ3n) is 22.5. The quantitative estimate of drug-likeness (QED) is 0.0502. The van der Waals surface area contributed by atoms with Crippen LogP contribution in [0.5, 0.6) is 0 Å². The zero-order valence-corrected chi connectivity index (χ0v) is 79.0. The zero-order chi connectivity index (χ0) is 96.0. The van der Waals surface area contributed by atoms with Crippen LogP contribution in [-0.4, -0.2) is 170 Å². The van der Waals surface area contributed by atoms with Gasteiger partial charge in [-0.05, 0) is 243 Å². The van der Waals surface area contributed by atoms with Gasteiger partial charge < -0.3 is 19.5 Å². The van der Waals surface area contributed by atoms with Gasteiger partial charge in [0.05, 0.1) is 114 Å². The van der Waals surface area contributed by atoms with Crippen LogP contribution >= 0.6 is 0 Å². The SMILES string of the molecule is Cc1ccc(NS(=O)(=O)c2ccc(N3COCCS3(=O)=O)cc2)cc1-c1ccc2cnccc2n1.Cc1ccc(NS(=O)(=O)c2ccc(N3COCCS3(=O)=O)cc2)cc1-c1ccc2ncccc2n1.Cc1ccc(NS(=O)(=O)c2ccc(N3COCCS3(=O)=O)cc2)cc1-c1ncc2ccccc2n1.O=C(Nc1cccc(-c2nccc3ccccc23)c1)c1ccc(N2CCNS2(=O)=O)cc1. The van der Waals surface area contributed by atoms with E-state index in [2.05, 4.69) is 59.1 Å². The minimum absolute atomic E-state index is 0.000607. The van der Waals surface area contributed by atoms with E-state index < -0.39 is 70.3 Å². The molecule has 0 radical (unpaired) electrons. The maximum absolute atomic E-state index is 13.0. The highest BCUT2D eigenvalue weighted by atomic mass is 32.2. The zero-order valence-electron chi connectivity index (χ0n) is 73.3. The Kier molecular flexibility index (Phi) is 27.2. The molecule has 16 aromatic rings. The molecule has 34 nitrogen and oxygen atoms in total. The highest BCUT2D eigenvalue weighted by Crippen LogP contribution is 2.36. The maximum Gasteiger partial charge on any atom is 0.301 e. The Hall–Kier alpha value is -14.4. The molecule has 0 spiro atoms. The van der Waals surface area contributed by atoms with Crippen molar-refractivity contribution in [2.24, 2.45) is 0 Å². The number of aromatic nitrogens is 7. The van der Waals surface area contributed by atoms with Gasteiger partial charge in [-0.3, -0.25) is 38.2 Å². The van der Waals surface area contributed by atoms with Crippen LogP contribution in [0.2, 0.25) is 0 Å². The van der Waals surface area contributed by atoms with Crippen LogP contribution in [0.4, 0.5) is 45.5 Å². The number of sulfonamides is 6. The number of amides is 1. The van der Waals surface area contributed by atoms with Crippen LogP contribution in [0.15, 0.2) is 319 Å². The van der Waals surface area contributed by atoms with Crippen molar-refractivity contribution in [3.8, 4) is 45.2 Å². The molecule has 4 aliphatic rings. The molecule has 0 bridgehead atoms. The van der Waals surface area contributed by atoms with Gasteiger partial charge in [-0.2, -0.15) is 13.1 Å². The van der Waals surface area contributed by atoms with Gasteiger partial charge in [-0.1, -0.05) is 72.8 Å².